The van der Waals surface area contributed by atoms with Gasteiger partial charge in [-0.15, -0.1) is 0 Å². The van der Waals surface area contributed by atoms with Gasteiger partial charge in [-0.05, 0) is 6.42 Å². The SMILES string of the molecule is CCCCNC(=S)c1ccc(B(S)S)cc1. The summed E-state index contributed by atoms with van der Waals surface area (Å²) in [5.41, 5.74) is 2.14. The predicted molar refractivity (Wildman–Crippen MR) is 84.4 cm³/mol. The van der Waals surface area contributed by atoms with Crippen LogP contribution < -0.4 is 10.8 Å². The fourth-order valence-corrected chi connectivity index (χ4v) is 1.87. The van der Waals surface area contributed by atoms with Crippen LogP contribution in [0.15, 0.2) is 24.3 Å². The zero-order chi connectivity index (χ0) is 12.0. The van der Waals surface area contributed by atoms with Crippen molar-refractivity contribution in [3.8, 4) is 0 Å². The Labute approximate surface area is 114 Å². The molecular formula is C11H16BNS3. The fraction of sp³-hybridized carbons (Fsp3) is 0.364. The van der Waals surface area contributed by atoms with Crippen molar-refractivity contribution in [2.24, 2.45) is 0 Å². The molecule has 1 aromatic carbocycles. The molecule has 1 aromatic rings. The van der Waals surface area contributed by atoms with Crippen molar-refractivity contribution in [3.05, 3.63) is 29.8 Å². The lowest BCUT2D eigenvalue weighted by molar-refractivity contribution is 0.759. The van der Waals surface area contributed by atoms with Gasteiger partial charge in [0.2, 0.25) is 0 Å². The van der Waals surface area contributed by atoms with Gasteiger partial charge in [-0.25, -0.2) is 25.0 Å². The number of hydrogen-bond donors (Lipinski definition) is 3. The average Bonchev–Trinajstić information content (AvgIpc) is 2.29. The Bertz CT molecular complexity index is 338. The Morgan fingerprint density at radius 3 is 2.44 bits per heavy atom. The highest BCUT2D eigenvalue weighted by Gasteiger charge is 2.06. The van der Waals surface area contributed by atoms with E-state index in [1.54, 1.807) is 0 Å². The van der Waals surface area contributed by atoms with Gasteiger partial charge in [-0.1, -0.05) is 55.3 Å². The van der Waals surface area contributed by atoms with Gasteiger partial charge in [0.1, 0.15) is 4.99 Å². The van der Waals surface area contributed by atoms with E-state index in [2.05, 4.69) is 37.2 Å². The van der Waals surface area contributed by atoms with Gasteiger partial charge in [0.05, 0.1) is 0 Å². The second-order valence-electron chi connectivity index (χ2n) is 3.61. The molecule has 1 rings (SSSR count). The van der Waals surface area contributed by atoms with Gasteiger partial charge < -0.3 is 5.32 Å². The maximum atomic E-state index is 5.29. The maximum Gasteiger partial charge on any atom is 0.301 e. The maximum absolute atomic E-state index is 5.29. The number of thiol groups is 2. The van der Waals surface area contributed by atoms with Gasteiger partial charge in [0, 0.05) is 12.1 Å². The topological polar surface area (TPSA) is 12.0 Å². The number of rotatable bonds is 5. The van der Waals surface area contributed by atoms with E-state index in [-0.39, 0.29) is 5.27 Å². The Balaban J connectivity index is 2.56. The number of nitrogens with one attached hydrogen (secondary N) is 1. The van der Waals surface area contributed by atoms with Crippen molar-refractivity contribution in [1.29, 1.82) is 0 Å². The first kappa shape index (κ1) is 13.9. The monoisotopic (exact) mass is 269 g/mol. The van der Waals surface area contributed by atoms with Crippen molar-refractivity contribution in [3.63, 3.8) is 0 Å². The Kier molecular flexibility index (Phi) is 6.32. The summed E-state index contributed by atoms with van der Waals surface area (Å²) < 4.78 is 0. The van der Waals surface area contributed by atoms with Gasteiger partial charge in [0.25, 0.3) is 0 Å². The first-order valence-electron chi connectivity index (χ1n) is 5.39. The number of thiocarbonyl (C=S) groups is 1. The molecule has 0 aromatic heterocycles. The van der Waals surface area contributed by atoms with Crippen LogP contribution in [0.5, 0.6) is 0 Å². The lowest BCUT2D eigenvalue weighted by Gasteiger charge is -2.08. The van der Waals surface area contributed by atoms with E-state index < -0.39 is 0 Å². The molecule has 0 spiro atoms. The molecule has 0 saturated heterocycles. The summed E-state index contributed by atoms with van der Waals surface area (Å²) >= 11 is 13.8. The third-order valence-electron chi connectivity index (χ3n) is 2.29. The van der Waals surface area contributed by atoms with E-state index in [0.717, 1.165) is 29.0 Å². The van der Waals surface area contributed by atoms with Crippen molar-refractivity contribution in [2.75, 3.05) is 6.54 Å². The number of benzene rings is 1. The molecule has 16 heavy (non-hydrogen) atoms. The fourth-order valence-electron chi connectivity index (χ4n) is 1.29. The van der Waals surface area contributed by atoms with Crippen LogP contribution in [0.4, 0.5) is 0 Å². The van der Waals surface area contributed by atoms with Crippen LogP contribution in [0, 0.1) is 0 Å². The van der Waals surface area contributed by atoms with Crippen LogP contribution in [-0.4, -0.2) is 16.8 Å². The third-order valence-corrected chi connectivity index (χ3v) is 3.26. The molecule has 1 N–H and O–H groups in total. The molecule has 0 atom stereocenters. The molecule has 0 amide bonds. The minimum absolute atomic E-state index is 0.0318. The van der Waals surface area contributed by atoms with Crippen molar-refractivity contribution < 1.29 is 0 Å². The molecular weight excluding hydrogens is 253 g/mol. The molecule has 0 aliphatic rings. The zero-order valence-electron chi connectivity index (χ0n) is 9.31. The molecule has 0 unspecified atom stereocenters. The van der Waals surface area contributed by atoms with E-state index in [0.29, 0.717) is 0 Å². The summed E-state index contributed by atoms with van der Waals surface area (Å²) in [5.74, 6) is 0. The summed E-state index contributed by atoms with van der Waals surface area (Å²) in [5, 5.41) is 3.21. The highest BCUT2D eigenvalue weighted by Crippen LogP contribution is 2.02. The molecule has 86 valence electrons. The van der Waals surface area contributed by atoms with Crippen LogP contribution in [-0.2, 0) is 0 Å². The van der Waals surface area contributed by atoms with Gasteiger partial charge in [-0.2, -0.15) is 0 Å². The quantitative estimate of drug-likeness (QED) is 0.328. The predicted octanol–water partition coefficient (Wildman–Crippen LogP) is 2.31. The first-order chi connectivity index (χ1) is 7.65. The highest BCUT2D eigenvalue weighted by atomic mass is 32.2. The minimum atomic E-state index is -0.0318. The zero-order valence-corrected chi connectivity index (χ0v) is 11.9. The van der Waals surface area contributed by atoms with Crippen molar-refractivity contribution >= 4 is 52.9 Å². The van der Waals surface area contributed by atoms with Gasteiger partial charge >= 0.3 is 5.27 Å². The lowest BCUT2D eigenvalue weighted by atomic mass is 9.92. The number of unbranched alkanes of at least 4 members (excludes halogenated alkanes) is 1. The minimum Gasteiger partial charge on any atom is -0.376 e. The normalized spacial score (nSPS) is 9.94. The standard InChI is InChI=1S/C11H16BNS3/c1-2-3-8-13-11(14)9-4-6-10(7-5-9)12(15)16/h4-7,15-16H,2-3,8H2,1H3,(H,13,14). The molecule has 0 fully saturated rings. The summed E-state index contributed by atoms with van der Waals surface area (Å²) in [4.78, 5) is 0.815. The molecule has 1 nitrogen and oxygen atoms in total. The smallest absolute Gasteiger partial charge is 0.301 e. The average molecular weight is 269 g/mol. The molecule has 0 saturated carbocycles. The van der Waals surface area contributed by atoms with Gasteiger partial charge in [0.15, 0.2) is 0 Å². The second-order valence-corrected chi connectivity index (χ2v) is 5.45. The van der Waals surface area contributed by atoms with E-state index in [1.165, 1.54) is 6.42 Å². The lowest BCUT2D eigenvalue weighted by Crippen LogP contribution is -2.24. The summed E-state index contributed by atoms with van der Waals surface area (Å²) in [6.07, 6.45) is 2.32. The van der Waals surface area contributed by atoms with E-state index in [9.17, 15) is 0 Å². The molecule has 5 heteroatoms. The van der Waals surface area contributed by atoms with Crippen LogP contribution in [0.1, 0.15) is 25.3 Å². The van der Waals surface area contributed by atoms with E-state index >= 15 is 0 Å². The molecule has 0 aliphatic carbocycles. The summed E-state index contributed by atoms with van der Waals surface area (Å²) in [6.45, 7) is 3.11. The molecule has 0 aliphatic heterocycles. The van der Waals surface area contributed by atoms with E-state index in [4.69, 9.17) is 12.2 Å². The molecule has 0 heterocycles. The van der Waals surface area contributed by atoms with Crippen molar-refractivity contribution in [1.82, 2.24) is 5.32 Å². The van der Waals surface area contributed by atoms with Crippen molar-refractivity contribution in [2.45, 2.75) is 19.8 Å². The third kappa shape index (κ3) is 4.40. The van der Waals surface area contributed by atoms with E-state index in [1.807, 2.05) is 24.3 Å². The highest BCUT2D eigenvalue weighted by molar-refractivity contribution is 8.42. The Morgan fingerprint density at radius 1 is 1.31 bits per heavy atom. The summed E-state index contributed by atoms with van der Waals surface area (Å²) in [6, 6.07) is 8.04. The molecule has 0 bridgehead atoms. The molecule has 0 radical (unpaired) electrons. The van der Waals surface area contributed by atoms with Gasteiger partial charge in [-0.3, -0.25) is 0 Å². The van der Waals surface area contributed by atoms with Crippen LogP contribution in [0.2, 0.25) is 0 Å². The Morgan fingerprint density at radius 2 is 1.94 bits per heavy atom. The van der Waals surface area contributed by atoms with Crippen LogP contribution in [0.25, 0.3) is 0 Å². The Hall–Kier alpha value is -0.125. The first-order valence-corrected chi connectivity index (χ1v) is 6.83. The largest absolute Gasteiger partial charge is 0.376 e. The van der Waals surface area contributed by atoms with Crippen LogP contribution >= 0.6 is 37.2 Å². The second kappa shape index (κ2) is 7.25. The number of hydrogen-bond acceptors (Lipinski definition) is 3. The van der Waals surface area contributed by atoms with Crippen LogP contribution in [0.3, 0.4) is 0 Å². The summed E-state index contributed by atoms with van der Waals surface area (Å²) in [7, 11) is 0.